The number of benzene rings is 1. The molecule has 0 radical (unpaired) electrons. The summed E-state index contributed by atoms with van der Waals surface area (Å²) in [7, 11) is 1.90. The Morgan fingerprint density at radius 2 is 2.04 bits per heavy atom. The van der Waals surface area contributed by atoms with Crippen molar-refractivity contribution < 1.29 is 0 Å². The second kappa shape index (κ2) is 9.35. The van der Waals surface area contributed by atoms with Gasteiger partial charge in [-0.25, -0.2) is 0 Å². The van der Waals surface area contributed by atoms with Crippen LogP contribution in [-0.2, 0) is 0 Å². The van der Waals surface area contributed by atoms with Crippen LogP contribution < -0.4 is 10.2 Å². The topological polar surface area (TPSA) is 30.9 Å². The number of anilines is 1. The van der Waals surface area contributed by atoms with E-state index in [1.807, 2.05) is 7.05 Å². The summed E-state index contributed by atoms with van der Waals surface area (Å²) in [5.41, 5.74) is 1.35. The number of nitrogens with zero attached hydrogens (tertiary/aromatic N) is 3. The molecule has 1 aromatic rings. The van der Waals surface area contributed by atoms with Gasteiger partial charge in [-0.2, -0.15) is 11.8 Å². The van der Waals surface area contributed by atoms with Gasteiger partial charge < -0.3 is 15.1 Å². The molecule has 6 heteroatoms. The fraction of sp³-hybridized carbons (Fsp3) is 0.632. The zero-order valence-electron chi connectivity index (χ0n) is 15.6. The fourth-order valence-electron chi connectivity index (χ4n) is 3.64. The number of thioether (sulfide) groups is 1. The number of aliphatic imine (C=N–C) groups is 1. The van der Waals surface area contributed by atoms with Gasteiger partial charge in [0.1, 0.15) is 0 Å². The number of guanidine groups is 1. The maximum Gasteiger partial charge on any atom is 0.193 e. The number of hydrogen-bond donors (Lipinski definition) is 1. The molecule has 2 aliphatic rings. The zero-order chi connectivity index (χ0) is 17.0. The van der Waals surface area contributed by atoms with Crippen LogP contribution >= 0.6 is 35.7 Å². The van der Waals surface area contributed by atoms with E-state index in [0.29, 0.717) is 10.7 Å². The largest absolute Gasteiger partial charge is 0.371 e. The van der Waals surface area contributed by atoms with Crippen LogP contribution in [0.5, 0.6) is 0 Å². The standard InChI is InChI=1S/C19H30N4S.HI/c1-19(2)15-23(11-12-24-19)18(20-3)21-13-16-9-10-22(14-16)17-7-5-4-6-8-17;/h4-8,16H,9-15H2,1-3H3,(H,20,21);1H. The van der Waals surface area contributed by atoms with E-state index in [0.717, 1.165) is 38.7 Å². The molecule has 1 aromatic carbocycles. The highest BCUT2D eigenvalue weighted by atomic mass is 127. The Hall–Kier alpha value is -0.630. The highest BCUT2D eigenvalue weighted by molar-refractivity contribution is 14.0. The molecule has 2 heterocycles. The number of nitrogens with one attached hydrogen (secondary N) is 1. The summed E-state index contributed by atoms with van der Waals surface area (Å²) in [6, 6.07) is 10.8. The molecule has 25 heavy (non-hydrogen) atoms. The monoisotopic (exact) mass is 474 g/mol. The van der Waals surface area contributed by atoms with Crippen LogP contribution in [0.4, 0.5) is 5.69 Å². The molecule has 0 aromatic heterocycles. The van der Waals surface area contributed by atoms with Crippen LogP contribution in [-0.4, -0.2) is 61.1 Å². The maximum atomic E-state index is 4.52. The van der Waals surface area contributed by atoms with E-state index in [1.54, 1.807) is 0 Å². The van der Waals surface area contributed by atoms with Gasteiger partial charge in [-0.1, -0.05) is 18.2 Å². The average molecular weight is 474 g/mol. The maximum absolute atomic E-state index is 4.52. The summed E-state index contributed by atoms with van der Waals surface area (Å²) in [6.45, 7) is 10.1. The van der Waals surface area contributed by atoms with E-state index in [4.69, 9.17) is 0 Å². The Kier molecular flexibility index (Phi) is 7.73. The highest BCUT2D eigenvalue weighted by Crippen LogP contribution is 2.29. The molecule has 1 atom stereocenters. The van der Waals surface area contributed by atoms with E-state index in [9.17, 15) is 0 Å². The van der Waals surface area contributed by atoms with E-state index < -0.39 is 0 Å². The first-order valence-corrected chi connectivity index (χ1v) is 9.95. The van der Waals surface area contributed by atoms with Crippen LogP contribution in [0.2, 0.25) is 0 Å². The van der Waals surface area contributed by atoms with Crippen LogP contribution in [0.15, 0.2) is 35.3 Å². The lowest BCUT2D eigenvalue weighted by molar-refractivity contribution is 0.372. The Labute approximate surface area is 173 Å². The van der Waals surface area contributed by atoms with Gasteiger partial charge in [-0.15, -0.1) is 24.0 Å². The molecule has 3 rings (SSSR count). The third-order valence-electron chi connectivity index (χ3n) is 4.89. The summed E-state index contributed by atoms with van der Waals surface area (Å²) < 4.78 is 0.313. The Morgan fingerprint density at radius 3 is 2.72 bits per heavy atom. The summed E-state index contributed by atoms with van der Waals surface area (Å²) in [5, 5.41) is 3.63. The smallest absolute Gasteiger partial charge is 0.193 e. The lowest BCUT2D eigenvalue weighted by Crippen LogP contribution is -2.51. The third kappa shape index (κ3) is 5.67. The van der Waals surface area contributed by atoms with Crippen LogP contribution in [0.1, 0.15) is 20.3 Å². The second-order valence-corrected chi connectivity index (χ2v) is 9.20. The SMILES string of the molecule is CN=C(NCC1CCN(c2ccccc2)C1)N1CCSC(C)(C)C1.I. The molecular weight excluding hydrogens is 443 g/mol. The molecule has 4 nitrogen and oxygen atoms in total. The molecule has 1 N–H and O–H groups in total. The van der Waals surface area contributed by atoms with E-state index >= 15 is 0 Å². The first kappa shape index (κ1) is 20.7. The molecule has 0 saturated carbocycles. The molecule has 0 bridgehead atoms. The molecule has 2 saturated heterocycles. The van der Waals surface area contributed by atoms with Gasteiger partial charge in [0.25, 0.3) is 0 Å². The molecule has 0 amide bonds. The Bertz CT molecular complexity index is 564. The molecule has 0 spiro atoms. The second-order valence-electron chi connectivity index (χ2n) is 7.39. The van der Waals surface area contributed by atoms with E-state index in [1.165, 1.54) is 17.9 Å². The fourth-order valence-corrected chi connectivity index (χ4v) is 4.75. The molecule has 2 fully saturated rings. The van der Waals surface area contributed by atoms with Gasteiger partial charge in [-0.05, 0) is 38.3 Å². The van der Waals surface area contributed by atoms with Crippen molar-refractivity contribution in [3.8, 4) is 0 Å². The number of hydrogen-bond acceptors (Lipinski definition) is 3. The first-order valence-electron chi connectivity index (χ1n) is 8.97. The van der Waals surface area contributed by atoms with E-state index in [2.05, 4.69) is 76.1 Å². The lowest BCUT2D eigenvalue weighted by Gasteiger charge is -2.39. The van der Waals surface area contributed by atoms with Crippen molar-refractivity contribution in [3.63, 3.8) is 0 Å². The average Bonchev–Trinajstić information content (AvgIpc) is 3.04. The molecule has 140 valence electrons. The van der Waals surface area contributed by atoms with Gasteiger partial charge in [-0.3, -0.25) is 4.99 Å². The van der Waals surface area contributed by atoms with E-state index in [-0.39, 0.29) is 24.0 Å². The van der Waals surface area contributed by atoms with Crippen molar-refractivity contribution in [2.24, 2.45) is 10.9 Å². The number of rotatable bonds is 3. The Morgan fingerprint density at radius 1 is 1.28 bits per heavy atom. The van der Waals surface area contributed by atoms with Crippen molar-refractivity contribution in [2.75, 3.05) is 50.4 Å². The van der Waals surface area contributed by atoms with Crippen molar-refractivity contribution in [3.05, 3.63) is 30.3 Å². The summed E-state index contributed by atoms with van der Waals surface area (Å²) in [5.74, 6) is 2.94. The van der Waals surface area contributed by atoms with Gasteiger partial charge in [0.05, 0.1) is 0 Å². The number of para-hydroxylation sites is 1. The van der Waals surface area contributed by atoms with Crippen LogP contribution in [0, 0.1) is 5.92 Å². The summed E-state index contributed by atoms with van der Waals surface area (Å²) in [6.07, 6.45) is 1.25. The molecular formula is C19H31IN4S. The summed E-state index contributed by atoms with van der Waals surface area (Å²) >= 11 is 2.06. The summed E-state index contributed by atoms with van der Waals surface area (Å²) in [4.78, 5) is 9.44. The van der Waals surface area contributed by atoms with Gasteiger partial charge in [0, 0.05) is 56.0 Å². The third-order valence-corrected chi connectivity index (χ3v) is 6.19. The predicted molar refractivity (Wildman–Crippen MR) is 122 cm³/mol. The van der Waals surface area contributed by atoms with Crippen LogP contribution in [0.25, 0.3) is 0 Å². The first-order chi connectivity index (χ1) is 11.6. The van der Waals surface area contributed by atoms with Crippen LogP contribution in [0.3, 0.4) is 0 Å². The minimum absolute atomic E-state index is 0. The van der Waals surface area contributed by atoms with Crippen molar-refractivity contribution in [2.45, 2.75) is 25.0 Å². The van der Waals surface area contributed by atoms with Crippen molar-refractivity contribution >= 4 is 47.4 Å². The lowest BCUT2D eigenvalue weighted by atomic mass is 10.1. The quantitative estimate of drug-likeness (QED) is 0.413. The van der Waals surface area contributed by atoms with Gasteiger partial charge in [0.15, 0.2) is 5.96 Å². The van der Waals surface area contributed by atoms with Gasteiger partial charge >= 0.3 is 0 Å². The molecule has 1 unspecified atom stereocenters. The number of halogens is 1. The highest BCUT2D eigenvalue weighted by Gasteiger charge is 2.29. The Balaban J connectivity index is 0.00000225. The predicted octanol–water partition coefficient (Wildman–Crippen LogP) is 3.53. The van der Waals surface area contributed by atoms with Crippen molar-refractivity contribution in [1.82, 2.24) is 10.2 Å². The zero-order valence-corrected chi connectivity index (χ0v) is 18.7. The minimum atomic E-state index is 0. The normalized spacial score (nSPS) is 23.3. The van der Waals surface area contributed by atoms with Crippen molar-refractivity contribution in [1.29, 1.82) is 0 Å². The minimum Gasteiger partial charge on any atom is -0.371 e. The van der Waals surface area contributed by atoms with Gasteiger partial charge in [0.2, 0.25) is 0 Å². The molecule has 2 aliphatic heterocycles. The molecule has 0 aliphatic carbocycles.